The fourth-order valence-corrected chi connectivity index (χ4v) is 0.760. The maximum atomic E-state index is 7.11. The monoisotopic (exact) mass is 152 g/mol. The predicted octanol–water partition coefficient (Wildman–Crippen LogP) is 0.748. The van der Waals surface area contributed by atoms with E-state index in [-0.39, 0.29) is 5.84 Å². The van der Waals surface area contributed by atoms with Gasteiger partial charge in [-0.3, -0.25) is 10.1 Å². The number of rotatable bonds is 2. The van der Waals surface area contributed by atoms with Crippen LogP contribution < -0.4 is 5.73 Å². The third-order valence-electron chi connectivity index (χ3n) is 1.44. The van der Waals surface area contributed by atoms with Crippen LogP contribution in [0.25, 0.3) is 0 Å². The fourth-order valence-electron chi connectivity index (χ4n) is 0.760. The summed E-state index contributed by atoms with van der Waals surface area (Å²) in [7, 11) is 0. The molecule has 4 heteroatoms. The predicted molar refractivity (Wildman–Crippen MR) is 43.6 cm³/mol. The van der Waals surface area contributed by atoms with Gasteiger partial charge in [-0.15, -0.1) is 0 Å². The minimum absolute atomic E-state index is 0.0666. The lowest BCUT2D eigenvalue weighted by atomic mass is 10.3. The zero-order valence-electron chi connectivity index (χ0n) is 6.70. The molecule has 0 bridgehead atoms. The number of hydrogen-bond acceptors (Lipinski definition) is 2. The molecule has 0 amide bonds. The Bertz CT molecular complexity index is 261. The van der Waals surface area contributed by atoms with Gasteiger partial charge in [-0.1, -0.05) is 0 Å². The van der Waals surface area contributed by atoms with Crippen molar-refractivity contribution >= 4 is 5.84 Å². The highest BCUT2D eigenvalue weighted by molar-refractivity contribution is 5.94. The third kappa shape index (κ3) is 1.58. The Kier molecular flexibility index (Phi) is 1.94. The highest BCUT2D eigenvalue weighted by Gasteiger charge is 2.02. The first-order valence-corrected chi connectivity index (χ1v) is 3.50. The lowest BCUT2D eigenvalue weighted by Gasteiger charge is -2.02. The van der Waals surface area contributed by atoms with Crippen LogP contribution in [0.15, 0.2) is 12.4 Å². The van der Waals surface area contributed by atoms with Crippen LogP contribution in [0.4, 0.5) is 0 Å². The summed E-state index contributed by atoms with van der Waals surface area (Å²) >= 11 is 0. The number of hydrogen-bond donors (Lipinski definition) is 2. The molecular weight excluding hydrogens is 140 g/mol. The summed E-state index contributed by atoms with van der Waals surface area (Å²) in [4.78, 5) is 0. The van der Waals surface area contributed by atoms with Crippen molar-refractivity contribution in [2.75, 3.05) is 0 Å². The van der Waals surface area contributed by atoms with Crippen LogP contribution in [0, 0.1) is 5.41 Å². The number of nitrogens with one attached hydrogen (secondary N) is 1. The number of aromatic nitrogens is 2. The fraction of sp³-hybridized carbons (Fsp3) is 0.429. The van der Waals surface area contributed by atoms with Crippen molar-refractivity contribution in [1.29, 1.82) is 5.41 Å². The van der Waals surface area contributed by atoms with Crippen molar-refractivity contribution in [3.63, 3.8) is 0 Å². The molecular formula is C7H12N4. The van der Waals surface area contributed by atoms with Gasteiger partial charge in [-0.2, -0.15) is 5.10 Å². The van der Waals surface area contributed by atoms with E-state index in [2.05, 4.69) is 5.10 Å². The molecule has 0 aliphatic heterocycles. The molecule has 0 aliphatic carbocycles. The minimum Gasteiger partial charge on any atom is -0.384 e. The Labute approximate surface area is 65.5 Å². The van der Waals surface area contributed by atoms with Gasteiger partial charge in [0, 0.05) is 12.2 Å². The van der Waals surface area contributed by atoms with E-state index < -0.39 is 0 Å². The summed E-state index contributed by atoms with van der Waals surface area (Å²) in [5.41, 5.74) is 5.94. The zero-order valence-corrected chi connectivity index (χ0v) is 6.70. The lowest BCUT2D eigenvalue weighted by Crippen LogP contribution is -2.09. The molecule has 1 aromatic rings. The highest BCUT2D eigenvalue weighted by atomic mass is 15.3. The normalized spacial score (nSPS) is 10.5. The molecule has 0 aromatic carbocycles. The van der Waals surface area contributed by atoms with Gasteiger partial charge in [0.1, 0.15) is 5.84 Å². The summed E-state index contributed by atoms with van der Waals surface area (Å²) in [6, 6.07) is 0.322. The van der Waals surface area contributed by atoms with E-state index >= 15 is 0 Å². The highest BCUT2D eigenvalue weighted by Crippen LogP contribution is 2.03. The van der Waals surface area contributed by atoms with Crippen LogP contribution in [-0.2, 0) is 0 Å². The van der Waals surface area contributed by atoms with E-state index in [0.717, 1.165) is 0 Å². The molecule has 1 aromatic heterocycles. The first-order valence-electron chi connectivity index (χ1n) is 3.50. The van der Waals surface area contributed by atoms with E-state index in [9.17, 15) is 0 Å². The molecule has 4 nitrogen and oxygen atoms in total. The Morgan fingerprint density at radius 1 is 1.73 bits per heavy atom. The maximum absolute atomic E-state index is 7.11. The van der Waals surface area contributed by atoms with Gasteiger partial charge < -0.3 is 5.73 Å². The van der Waals surface area contributed by atoms with E-state index in [4.69, 9.17) is 11.1 Å². The molecule has 0 atom stereocenters. The summed E-state index contributed by atoms with van der Waals surface area (Å²) in [5.74, 6) is 0.0666. The first-order chi connectivity index (χ1) is 5.11. The van der Waals surface area contributed by atoms with Crippen LogP contribution >= 0.6 is 0 Å². The van der Waals surface area contributed by atoms with Crippen molar-refractivity contribution in [3.05, 3.63) is 18.0 Å². The number of nitrogens with two attached hydrogens (primary N) is 1. The van der Waals surface area contributed by atoms with Gasteiger partial charge >= 0.3 is 0 Å². The van der Waals surface area contributed by atoms with Crippen molar-refractivity contribution in [2.45, 2.75) is 19.9 Å². The van der Waals surface area contributed by atoms with Gasteiger partial charge in [-0.05, 0) is 13.8 Å². The minimum atomic E-state index is 0.0666. The molecule has 11 heavy (non-hydrogen) atoms. The second kappa shape index (κ2) is 2.74. The van der Waals surface area contributed by atoms with E-state index in [0.29, 0.717) is 11.6 Å². The number of nitrogens with zero attached hydrogens (tertiary/aromatic N) is 2. The van der Waals surface area contributed by atoms with Gasteiger partial charge in [0.05, 0.1) is 11.8 Å². The van der Waals surface area contributed by atoms with Crippen LogP contribution in [0.5, 0.6) is 0 Å². The topological polar surface area (TPSA) is 67.7 Å². The van der Waals surface area contributed by atoms with Crippen LogP contribution in [0.3, 0.4) is 0 Å². The Hall–Kier alpha value is -1.32. The molecule has 1 heterocycles. The Balaban J connectivity index is 2.90. The van der Waals surface area contributed by atoms with Crippen LogP contribution in [-0.4, -0.2) is 15.6 Å². The van der Waals surface area contributed by atoms with Crippen molar-refractivity contribution in [1.82, 2.24) is 9.78 Å². The van der Waals surface area contributed by atoms with Crippen molar-refractivity contribution in [2.24, 2.45) is 5.73 Å². The molecule has 0 radical (unpaired) electrons. The molecule has 3 N–H and O–H groups in total. The molecule has 0 spiro atoms. The van der Waals surface area contributed by atoms with E-state index in [1.807, 2.05) is 13.8 Å². The van der Waals surface area contributed by atoms with Gasteiger partial charge in [0.15, 0.2) is 0 Å². The van der Waals surface area contributed by atoms with Gasteiger partial charge in [0.2, 0.25) is 0 Å². The Morgan fingerprint density at radius 3 is 2.64 bits per heavy atom. The summed E-state index contributed by atoms with van der Waals surface area (Å²) in [5, 5.41) is 11.1. The zero-order chi connectivity index (χ0) is 8.43. The standard InChI is InChI=1S/C7H12N4/c1-5(2)11-4-6(3-10-11)7(8)9/h3-5H,1-2H3,(H3,8,9). The maximum Gasteiger partial charge on any atom is 0.125 e. The average Bonchev–Trinajstić information content (AvgIpc) is 2.33. The van der Waals surface area contributed by atoms with Crippen LogP contribution in [0.2, 0.25) is 0 Å². The second-order valence-corrected chi connectivity index (χ2v) is 2.72. The van der Waals surface area contributed by atoms with Gasteiger partial charge in [-0.25, -0.2) is 0 Å². The first kappa shape index (κ1) is 7.78. The number of amidine groups is 1. The molecule has 0 aliphatic rings. The summed E-state index contributed by atoms with van der Waals surface area (Å²) in [6.45, 7) is 4.05. The third-order valence-corrected chi connectivity index (χ3v) is 1.44. The Morgan fingerprint density at radius 2 is 2.36 bits per heavy atom. The van der Waals surface area contributed by atoms with Crippen molar-refractivity contribution in [3.8, 4) is 0 Å². The quantitative estimate of drug-likeness (QED) is 0.485. The van der Waals surface area contributed by atoms with E-state index in [1.54, 1.807) is 17.1 Å². The smallest absolute Gasteiger partial charge is 0.125 e. The average molecular weight is 152 g/mol. The second-order valence-electron chi connectivity index (χ2n) is 2.72. The van der Waals surface area contributed by atoms with Crippen molar-refractivity contribution < 1.29 is 0 Å². The largest absolute Gasteiger partial charge is 0.384 e. The van der Waals surface area contributed by atoms with Crippen LogP contribution in [0.1, 0.15) is 25.5 Å². The summed E-state index contributed by atoms with van der Waals surface area (Å²) < 4.78 is 1.77. The lowest BCUT2D eigenvalue weighted by molar-refractivity contribution is 0.532. The summed E-state index contributed by atoms with van der Waals surface area (Å²) in [6.07, 6.45) is 3.37. The SMILES string of the molecule is CC(C)n1cc(C(=N)N)cn1. The molecule has 0 saturated carbocycles. The van der Waals surface area contributed by atoms with Gasteiger partial charge in [0.25, 0.3) is 0 Å². The molecule has 0 fully saturated rings. The van der Waals surface area contributed by atoms with E-state index in [1.165, 1.54) is 0 Å². The molecule has 0 unspecified atom stereocenters. The molecule has 1 rings (SSSR count). The molecule has 60 valence electrons. The number of nitrogen functional groups attached to an aromatic ring is 1. The molecule has 0 saturated heterocycles.